The third-order valence-corrected chi connectivity index (χ3v) is 4.05. The molecule has 1 rings (SSSR count). The summed E-state index contributed by atoms with van der Waals surface area (Å²) < 4.78 is 1.95. The van der Waals surface area contributed by atoms with Crippen molar-refractivity contribution in [2.75, 3.05) is 0 Å². The number of hydrogen-bond donors (Lipinski definition) is 0. The van der Waals surface area contributed by atoms with Gasteiger partial charge in [-0.15, -0.1) is 0 Å². The second-order valence-corrected chi connectivity index (χ2v) is 4.38. The standard InChI is InChI=1S/C10H4BrIN2/c11-10-8(2-1-3-9(10)12)4-7(5-13)6-14/h1-4H. The molecule has 0 N–H and O–H groups in total. The summed E-state index contributed by atoms with van der Waals surface area (Å²) in [6.07, 6.45) is 1.56. The van der Waals surface area contributed by atoms with Crippen LogP contribution in [0.4, 0.5) is 0 Å². The van der Waals surface area contributed by atoms with Crippen molar-refractivity contribution in [2.24, 2.45) is 0 Å². The molecule has 1 aromatic rings. The van der Waals surface area contributed by atoms with Crippen molar-refractivity contribution in [2.45, 2.75) is 0 Å². The molecular weight excluding hydrogens is 355 g/mol. The van der Waals surface area contributed by atoms with E-state index in [9.17, 15) is 0 Å². The molecular formula is C10H4BrIN2. The van der Waals surface area contributed by atoms with E-state index in [0.29, 0.717) is 0 Å². The number of hydrogen-bond acceptors (Lipinski definition) is 2. The predicted molar refractivity (Wildman–Crippen MR) is 66.1 cm³/mol. The summed E-state index contributed by atoms with van der Waals surface area (Å²) >= 11 is 5.58. The van der Waals surface area contributed by atoms with Crippen molar-refractivity contribution in [1.29, 1.82) is 10.5 Å². The maximum absolute atomic E-state index is 8.59. The molecule has 0 aliphatic rings. The van der Waals surface area contributed by atoms with E-state index in [2.05, 4.69) is 38.5 Å². The van der Waals surface area contributed by atoms with Crippen LogP contribution in [0.15, 0.2) is 28.2 Å². The number of rotatable bonds is 1. The van der Waals surface area contributed by atoms with Crippen LogP contribution in [0.5, 0.6) is 0 Å². The SMILES string of the molecule is N#CC(C#N)=Cc1cccc(I)c1Br. The molecule has 0 atom stereocenters. The molecule has 0 saturated carbocycles. The van der Waals surface area contributed by atoms with Crippen molar-refractivity contribution in [1.82, 2.24) is 0 Å². The predicted octanol–water partition coefficient (Wildman–Crippen LogP) is 3.48. The van der Waals surface area contributed by atoms with E-state index >= 15 is 0 Å². The Bertz CT molecular complexity index is 450. The summed E-state index contributed by atoms with van der Waals surface area (Å²) in [7, 11) is 0. The third-order valence-electron chi connectivity index (χ3n) is 1.52. The van der Waals surface area contributed by atoms with Crippen LogP contribution < -0.4 is 0 Å². The van der Waals surface area contributed by atoms with Gasteiger partial charge in [0, 0.05) is 8.04 Å². The van der Waals surface area contributed by atoms with Gasteiger partial charge in [0.15, 0.2) is 0 Å². The van der Waals surface area contributed by atoms with Gasteiger partial charge in [0.05, 0.1) is 0 Å². The van der Waals surface area contributed by atoms with Crippen molar-refractivity contribution in [3.63, 3.8) is 0 Å². The molecule has 0 fully saturated rings. The monoisotopic (exact) mass is 358 g/mol. The summed E-state index contributed by atoms with van der Waals surface area (Å²) in [4.78, 5) is 0. The highest BCUT2D eigenvalue weighted by molar-refractivity contribution is 14.1. The van der Waals surface area contributed by atoms with Crippen molar-refractivity contribution >= 4 is 44.6 Å². The largest absolute Gasteiger partial charge is 0.192 e. The highest BCUT2D eigenvalue weighted by Gasteiger charge is 2.01. The number of nitriles is 2. The van der Waals surface area contributed by atoms with Gasteiger partial charge in [0.25, 0.3) is 0 Å². The van der Waals surface area contributed by atoms with E-state index in [1.165, 1.54) is 0 Å². The molecule has 0 unspecified atom stereocenters. The van der Waals surface area contributed by atoms with Crippen LogP contribution in [-0.4, -0.2) is 0 Å². The Morgan fingerprint density at radius 3 is 2.57 bits per heavy atom. The molecule has 0 radical (unpaired) electrons. The second kappa shape index (κ2) is 5.14. The Labute approximate surface area is 104 Å². The molecule has 0 aliphatic heterocycles. The molecule has 0 amide bonds. The minimum Gasteiger partial charge on any atom is -0.192 e. The Hall–Kier alpha value is -0.850. The van der Waals surface area contributed by atoms with E-state index in [-0.39, 0.29) is 5.57 Å². The van der Waals surface area contributed by atoms with Gasteiger partial charge < -0.3 is 0 Å². The molecule has 0 bridgehead atoms. The number of benzene rings is 1. The van der Waals surface area contributed by atoms with E-state index in [0.717, 1.165) is 13.6 Å². The average molecular weight is 359 g/mol. The summed E-state index contributed by atoms with van der Waals surface area (Å²) in [6, 6.07) is 9.32. The first-order valence-electron chi connectivity index (χ1n) is 3.65. The lowest BCUT2D eigenvalue weighted by atomic mass is 10.1. The molecule has 1 aromatic carbocycles. The molecule has 0 saturated heterocycles. The lowest BCUT2D eigenvalue weighted by Gasteiger charge is -1.99. The molecule has 68 valence electrons. The molecule has 14 heavy (non-hydrogen) atoms. The Kier molecular flexibility index (Phi) is 4.12. The summed E-state index contributed by atoms with van der Waals surface area (Å²) in [5.41, 5.74) is 0.947. The fraction of sp³-hybridized carbons (Fsp3) is 0. The molecule has 0 aromatic heterocycles. The average Bonchev–Trinajstić information content (AvgIpc) is 2.20. The fourth-order valence-electron chi connectivity index (χ4n) is 0.877. The summed E-state index contributed by atoms with van der Waals surface area (Å²) in [5.74, 6) is 0. The summed E-state index contributed by atoms with van der Waals surface area (Å²) in [6.45, 7) is 0. The smallest absolute Gasteiger partial charge is 0.130 e. The minimum absolute atomic E-state index is 0.104. The lowest BCUT2D eigenvalue weighted by molar-refractivity contribution is 1.46. The van der Waals surface area contributed by atoms with Crippen LogP contribution in [0.1, 0.15) is 5.56 Å². The molecule has 4 heteroatoms. The van der Waals surface area contributed by atoms with Crippen LogP contribution >= 0.6 is 38.5 Å². The molecule has 0 heterocycles. The number of halogens is 2. The highest BCUT2D eigenvalue weighted by Crippen LogP contribution is 2.24. The van der Waals surface area contributed by atoms with Gasteiger partial charge in [-0.2, -0.15) is 10.5 Å². The van der Waals surface area contributed by atoms with Crippen LogP contribution in [0.25, 0.3) is 6.08 Å². The zero-order valence-corrected chi connectivity index (χ0v) is 10.7. The minimum atomic E-state index is 0.104. The van der Waals surface area contributed by atoms with Crippen molar-refractivity contribution in [3.05, 3.63) is 37.4 Å². The zero-order valence-electron chi connectivity index (χ0n) is 6.96. The van der Waals surface area contributed by atoms with E-state index < -0.39 is 0 Å². The van der Waals surface area contributed by atoms with Gasteiger partial charge in [-0.25, -0.2) is 0 Å². The molecule has 0 spiro atoms. The maximum atomic E-state index is 8.59. The Morgan fingerprint density at radius 2 is 2.00 bits per heavy atom. The van der Waals surface area contributed by atoms with E-state index in [1.54, 1.807) is 6.08 Å². The first kappa shape index (κ1) is 11.2. The van der Waals surface area contributed by atoms with E-state index in [1.807, 2.05) is 30.3 Å². The second-order valence-electron chi connectivity index (χ2n) is 2.42. The fourth-order valence-corrected chi connectivity index (χ4v) is 1.77. The lowest BCUT2D eigenvalue weighted by Crippen LogP contribution is -1.81. The van der Waals surface area contributed by atoms with Crippen LogP contribution in [0, 0.1) is 26.2 Å². The number of nitrogens with zero attached hydrogens (tertiary/aromatic N) is 2. The summed E-state index contributed by atoms with van der Waals surface area (Å²) in [5, 5.41) is 17.2. The van der Waals surface area contributed by atoms with Crippen molar-refractivity contribution in [3.8, 4) is 12.1 Å². The molecule has 0 aliphatic carbocycles. The van der Waals surface area contributed by atoms with E-state index in [4.69, 9.17) is 10.5 Å². The van der Waals surface area contributed by atoms with Crippen LogP contribution in [-0.2, 0) is 0 Å². The topological polar surface area (TPSA) is 47.6 Å². The van der Waals surface area contributed by atoms with Crippen molar-refractivity contribution < 1.29 is 0 Å². The third kappa shape index (κ3) is 2.57. The highest BCUT2D eigenvalue weighted by atomic mass is 127. The van der Waals surface area contributed by atoms with Gasteiger partial charge in [-0.3, -0.25) is 0 Å². The first-order valence-corrected chi connectivity index (χ1v) is 5.52. The zero-order chi connectivity index (χ0) is 10.6. The Balaban J connectivity index is 3.24. The normalized spacial score (nSPS) is 8.57. The maximum Gasteiger partial charge on any atom is 0.130 e. The van der Waals surface area contributed by atoms with Crippen LogP contribution in [0.3, 0.4) is 0 Å². The quantitative estimate of drug-likeness (QED) is 0.570. The number of allylic oxidation sites excluding steroid dienone is 1. The van der Waals surface area contributed by atoms with Gasteiger partial charge >= 0.3 is 0 Å². The van der Waals surface area contributed by atoms with Crippen LogP contribution in [0.2, 0.25) is 0 Å². The first-order chi connectivity index (χ1) is 6.69. The van der Waals surface area contributed by atoms with Gasteiger partial charge in [0.2, 0.25) is 0 Å². The van der Waals surface area contributed by atoms with Gasteiger partial charge in [-0.1, -0.05) is 12.1 Å². The van der Waals surface area contributed by atoms with Gasteiger partial charge in [0.1, 0.15) is 17.7 Å². The Morgan fingerprint density at radius 1 is 1.36 bits per heavy atom. The molecule has 2 nitrogen and oxygen atoms in total. The van der Waals surface area contributed by atoms with Gasteiger partial charge in [-0.05, 0) is 56.2 Å².